The molecular weight excluding hydrogens is 250 g/mol. The molecular formula is C13H27NO3S. The normalized spacial score (nSPS) is 29.4. The quantitative estimate of drug-likeness (QED) is 0.720. The number of sulfone groups is 1. The van der Waals surface area contributed by atoms with Crippen molar-refractivity contribution in [3.8, 4) is 0 Å². The zero-order valence-electron chi connectivity index (χ0n) is 11.6. The third-order valence-corrected chi connectivity index (χ3v) is 6.21. The maximum absolute atomic E-state index is 12.3. The first-order valence-corrected chi connectivity index (χ1v) is 8.69. The van der Waals surface area contributed by atoms with Crippen LogP contribution in [-0.4, -0.2) is 39.2 Å². The average Bonchev–Trinajstić information content (AvgIpc) is 2.32. The summed E-state index contributed by atoms with van der Waals surface area (Å²) in [5, 5.41) is -0.334. The number of rotatable bonds is 7. The van der Waals surface area contributed by atoms with Gasteiger partial charge in [-0.25, -0.2) is 8.42 Å². The molecule has 0 heterocycles. The smallest absolute Gasteiger partial charge is 0.154 e. The summed E-state index contributed by atoms with van der Waals surface area (Å²) in [6.07, 6.45) is 5.50. The second-order valence-electron chi connectivity index (χ2n) is 5.38. The van der Waals surface area contributed by atoms with Crippen LogP contribution in [0.25, 0.3) is 0 Å². The summed E-state index contributed by atoms with van der Waals surface area (Å²) in [7, 11) is -1.47. The zero-order chi connectivity index (χ0) is 13.6. The lowest BCUT2D eigenvalue weighted by Crippen LogP contribution is -2.46. The molecule has 3 atom stereocenters. The van der Waals surface area contributed by atoms with Gasteiger partial charge in [-0.1, -0.05) is 19.8 Å². The van der Waals surface area contributed by atoms with Crippen molar-refractivity contribution in [2.24, 2.45) is 11.7 Å². The molecule has 1 fully saturated rings. The van der Waals surface area contributed by atoms with E-state index in [1.165, 1.54) is 0 Å². The van der Waals surface area contributed by atoms with Crippen molar-refractivity contribution in [1.29, 1.82) is 0 Å². The minimum absolute atomic E-state index is 0.175. The molecule has 0 bridgehead atoms. The van der Waals surface area contributed by atoms with Crippen molar-refractivity contribution in [2.45, 2.75) is 56.7 Å². The van der Waals surface area contributed by atoms with Gasteiger partial charge in [0.1, 0.15) is 0 Å². The first-order valence-electron chi connectivity index (χ1n) is 6.97. The van der Waals surface area contributed by atoms with Crippen LogP contribution >= 0.6 is 0 Å². The fourth-order valence-electron chi connectivity index (χ4n) is 2.87. The highest BCUT2D eigenvalue weighted by Gasteiger charge is 2.36. The average molecular weight is 277 g/mol. The SMILES string of the molecule is CCCC1CCC(N)C(S(=O)(=O)CCCOC)C1. The molecule has 5 heteroatoms. The van der Waals surface area contributed by atoms with E-state index in [9.17, 15) is 8.42 Å². The summed E-state index contributed by atoms with van der Waals surface area (Å²) in [6, 6.07) is -0.175. The second kappa shape index (κ2) is 7.46. The molecule has 0 saturated heterocycles. The van der Waals surface area contributed by atoms with E-state index < -0.39 is 9.84 Å². The van der Waals surface area contributed by atoms with Gasteiger partial charge in [0, 0.05) is 19.8 Å². The second-order valence-corrected chi connectivity index (χ2v) is 7.72. The molecule has 2 N–H and O–H groups in total. The van der Waals surface area contributed by atoms with Crippen molar-refractivity contribution in [3.05, 3.63) is 0 Å². The fraction of sp³-hybridized carbons (Fsp3) is 1.00. The zero-order valence-corrected chi connectivity index (χ0v) is 12.4. The van der Waals surface area contributed by atoms with Gasteiger partial charge < -0.3 is 10.5 Å². The van der Waals surface area contributed by atoms with Crippen LogP contribution in [0.2, 0.25) is 0 Å². The van der Waals surface area contributed by atoms with Gasteiger partial charge in [-0.2, -0.15) is 0 Å². The molecule has 1 aliphatic carbocycles. The van der Waals surface area contributed by atoms with Crippen molar-refractivity contribution >= 4 is 9.84 Å². The third kappa shape index (κ3) is 4.52. The molecule has 1 aliphatic rings. The highest BCUT2D eigenvalue weighted by atomic mass is 32.2. The van der Waals surface area contributed by atoms with E-state index in [4.69, 9.17) is 10.5 Å². The predicted molar refractivity (Wildman–Crippen MR) is 74.3 cm³/mol. The summed E-state index contributed by atoms with van der Waals surface area (Å²) in [5.74, 6) is 0.745. The number of nitrogens with two attached hydrogens (primary N) is 1. The lowest BCUT2D eigenvalue weighted by atomic mass is 9.83. The highest BCUT2D eigenvalue weighted by molar-refractivity contribution is 7.92. The lowest BCUT2D eigenvalue weighted by molar-refractivity contribution is 0.199. The van der Waals surface area contributed by atoms with Crippen molar-refractivity contribution in [1.82, 2.24) is 0 Å². The van der Waals surface area contributed by atoms with E-state index in [0.29, 0.717) is 18.9 Å². The Morgan fingerprint density at radius 3 is 2.67 bits per heavy atom. The Kier molecular flexibility index (Phi) is 6.60. The van der Waals surface area contributed by atoms with Crippen molar-refractivity contribution in [2.75, 3.05) is 19.5 Å². The molecule has 0 amide bonds. The van der Waals surface area contributed by atoms with Crippen LogP contribution < -0.4 is 5.73 Å². The molecule has 3 unspecified atom stereocenters. The molecule has 1 rings (SSSR count). The summed E-state index contributed by atoms with van der Waals surface area (Å²) in [6.45, 7) is 2.65. The standard InChI is InChI=1S/C13H27NO3S/c1-3-5-11-6-7-12(14)13(10-11)18(15,16)9-4-8-17-2/h11-13H,3-10,14H2,1-2H3. The van der Waals surface area contributed by atoms with E-state index in [0.717, 1.165) is 32.1 Å². The molecule has 0 aromatic rings. The van der Waals surface area contributed by atoms with Crippen LogP contribution in [0.3, 0.4) is 0 Å². The topological polar surface area (TPSA) is 69.4 Å². The van der Waals surface area contributed by atoms with Crippen molar-refractivity contribution in [3.63, 3.8) is 0 Å². The van der Waals surface area contributed by atoms with Crippen molar-refractivity contribution < 1.29 is 13.2 Å². The Labute approximate surface area is 111 Å². The van der Waals surface area contributed by atoms with Crippen LogP contribution in [0.5, 0.6) is 0 Å². The minimum Gasteiger partial charge on any atom is -0.385 e. The summed E-state index contributed by atoms with van der Waals surface area (Å²) in [5.41, 5.74) is 6.02. The van der Waals surface area contributed by atoms with Gasteiger partial charge in [0.2, 0.25) is 0 Å². The maximum atomic E-state index is 12.3. The highest BCUT2D eigenvalue weighted by Crippen LogP contribution is 2.31. The first kappa shape index (κ1) is 15.9. The first-order chi connectivity index (χ1) is 8.51. The third-order valence-electron chi connectivity index (χ3n) is 3.89. The minimum atomic E-state index is -3.06. The molecule has 0 aromatic heterocycles. The molecule has 0 spiro atoms. The van der Waals surface area contributed by atoms with E-state index in [1.807, 2.05) is 0 Å². The van der Waals surface area contributed by atoms with Gasteiger partial charge in [0.15, 0.2) is 9.84 Å². The van der Waals surface area contributed by atoms with Gasteiger partial charge in [-0.15, -0.1) is 0 Å². The molecule has 4 nitrogen and oxygen atoms in total. The summed E-state index contributed by atoms with van der Waals surface area (Å²) in [4.78, 5) is 0. The van der Waals surface area contributed by atoms with Crippen LogP contribution in [0.15, 0.2) is 0 Å². The Morgan fingerprint density at radius 2 is 2.06 bits per heavy atom. The Balaban J connectivity index is 2.60. The van der Waals surface area contributed by atoms with Crippen LogP contribution in [0.4, 0.5) is 0 Å². The molecule has 18 heavy (non-hydrogen) atoms. The maximum Gasteiger partial charge on any atom is 0.154 e. The number of hydrogen-bond acceptors (Lipinski definition) is 4. The Bertz CT molecular complexity index is 329. The van der Waals surface area contributed by atoms with E-state index in [2.05, 4.69) is 6.92 Å². The summed E-state index contributed by atoms with van der Waals surface area (Å²) < 4.78 is 29.5. The summed E-state index contributed by atoms with van der Waals surface area (Å²) >= 11 is 0. The Hall–Kier alpha value is -0.130. The Morgan fingerprint density at radius 1 is 1.33 bits per heavy atom. The van der Waals surface area contributed by atoms with Gasteiger partial charge in [-0.05, 0) is 31.6 Å². The lowest BCUT2D eigenvalue weighted by Gasteiger charge is -2.33. The van der Waals surface area contributed by atoms with Gasteiger partial charge in [0.25, 0.3) is 0 Å². The molecule has 1 saturated carbocycles. The molecule has 0 radical (unpaired) electrons. The van der Waals surface area contributed by atoms with Gasteiger partial charge in [0.05, 0.1) is 11.0 Å². The number of ether oxygens (including phenoxy) is 1. The monoisotopic (exact) mass is 277 g/mol. The number of methoxy groups -OCH3 is 1. The van der Waals surface area contributed by atoms with E-state index >= 15 is 0 Å². The van der Waals surface area contributed by atoms with Crippen LogP contribution in [0, 0.1) is 5.92 Å². The predicted octanol–water partition coefficient (Wildman–Crippen LogP) is 1.73. The largest absolute Gasteiger partial charge is 0.385 e. The van der Waals surface area contributed by atoms with Crippen LogP contribution in [0.1, 0.15) is 45.4 Å². The molecule has 0 aromatic carbocycles. The molecule has 0 aliphatic heterocycles. The van der Waals surface area contributed by atoms with E-state index in [1.54, 1.807) is 7.11 Å². The molecule has 108 valence electrons. The number of hydrogen-bond donors (Lipinski definition) is 1. The van der Waals surface area contributed by atoms with Gasteiger partial charge >= 0.3 is 0 Å². The van der Waals surface area contributed by atoms with Gasteiger partial charge in [-0.3, -0.25) is 0 Å². The van der Waals surface area contributed by atoms with Crippen LogP contribution in [-0.2, 0) is 14.6 Å². The van der Waals surface area contributed by atoms with E-state index in [-0.39, 0.29) is 17.0 Å². The fourth-order valence-corrected chi connectivity index (χ4v) is 4.93.